The molecule has 1 amide bonds. The number of hydrogen-bond acceptors (Lipinski definition) is 3. The molecule has 0 bridgehead atoms. The first-order chi connectivity index (χ1) is 12.2. The van der Waals surface area contributed by atoms with E-state index in [0.717, 1.165) is 12.1 Å². The Hall–Kier alpha value is -2.83. The van der Waals surface area contributed by atoms with E-state index in [-0.39, 0.29) is 6.42 Å². The van der Waals surface area contributed by atoms with Gasteiger partial charge in [0.15, 0.2) is 0 Å². The summed E-state index contributed by atoms with van der Waals surface area (Å²) in [5, 5.41) is 0. The fourth-order valence-corrected chi connectivity index (χ4v) is 2.27. The van der Waals surface area contributed by atoms with Gasteiger partial charge in [-0.05, 0) is 17.7 Å². The minimum atomic E-state index is -4.43. The molecule has 0 radical (unpaired) electrons. The lowest BCUT2D eigenvalue weighted by Crippen LogP contribution is -2.31. The van der Waals surface area contributed by atoms with Gasteiger partial charge in [-0.15, -0.1) is 0 Å². The molecule has 0 aliphatic heterocycles. The minimum absolute atomic E-state index is 0.234. The van der Waals surface area contributed by atoms with Gasteiger partial charge in [-0.1, -0.05) is 42.5 Å². The number of benzene rings is 2. The minimum Gasteiger partial charge on any atom is -0.447 e. The van der Waals surface area contributed by atoms with Crippen LogP contribution in [-0.4, -0.2) is 30.9 Å². The monoisotopic (exact) mass is 365 g/mol. The summed E-state index contributed by atoms with van der Waals surface area (Å²) in [5.41, 5.74) is 0.0960. The highest BCUT2D eigenvalue weighted by molar-refractivity contribution is 5.85. The van der Waals surface area contributed by atoms with E-state index < -0.39 is 29.7 Å². The van der Waals surface area contributed by atoms with Crippen LogP contribution in [0.25, 0.3) is 0 Å². The Morgan fingerprint density at radius 1 is 1.00 bits per heavy atom. The lowest BCUT2D eigenvalue weighted by atomic mass is 10.1. The van der Waals surface area contributed by atoms with Crippen molar-refractivity contribution in [1.82, 2.24) is 4.90 Å². The van der Waals surface area contributed by atoms with E-state index in [2.05, 4.69) is 0 Å². The zero-order chi connectivity index (χ0) is 19.3. The highest BCUT2D eigenvalue weighted by atomic mass is 19.4. The molecule has 0 heterocycles. The third kappa shape index (κ3) is 5.08. The largest absolute Gasteiger partial charge is 0.447 e. The summed E-state index contributed by atoms with van der Waals surface area (Å²) >= 11 is 0. The Balaban J connectivity index is 2.11. The van der Waals surface area contributed by atoms with Crippen LogP contribution in [0.4, 0.5) is 13.2 Å². The van der Waals surface area contributed by atoms with Crippen molar-refractivity contribution in [2.75, 3.05) is 14.1 Å². The Bertz CT molecular complexity index is 756. The smallest absolute Gasteiger partial charge is 0.416 e. The van der Waals surface area contributed by atoms with Crippen molar-refractivity contribution in [2.45, 2.75) is 18.7 Å². The fraction of sp³-hybridized carbons (Fsp3) is 0.263. The molecule has 7 heteroatoms. The Kier molecular flexibility index (Phi) is 6.02. The van der Waals surface area contributed by atoms with Crippen LogP contribution >= 0.6 is 0 Å². The van der Waals surface area contributed by atoms with Crippen LogP contribution in [0.15, 0.2) is 54.6 Å². The van der Waals surface area contributed by atoms with Crippen molar-refractivity contribution in [1.29, 1.82) is 0 Å². The maximum atomic E-state index is 12.6. The molecule has 2 rings (SSSR count). The zero-order valence-corrected chi connectivity index (χ0v) is 14.3. The topological polar surface area (TPSA) is 46.6 Å². The van der Waals surface area contributed by atoms with Crippen molar-refractivity contribution < 1.29 is 27.5 Å². The van der Waals surface area contributed by atoms with Crippen LogP contribution in [-0.2, 0) is 26.9 Å². The van der Waals surface area contributed by atoms with Crippen molar-refractivity contribution in [3.8, 4) is 0 Å². The summed E-state index contributed by atoms with van der Waals surface area (Å²) in [5.74, 6) is -1.11. The second-order valence-corrected chi connectivity index (χ2v) is 5.88. The van der Waals surface area contributed by atoms with E-state index in [1.54, 1.807) is 44.4 Å². The molecule has 0 saturated carbocycles. The van der Waals surface area contributed by atoms with Gasteiger partial charge < -0.3 is 9.64 Å². The van der Waals surface area contributed by atoms with E-state index in [9.17, 15) is 22.8 Å². The number of nitrogens with zero attached hydrogens (tertiary/aromatic N) is 1. The summed E-state index contributed by atoms with van der Waals surface area (Å²) < 4.78 is 43.0. The molecule has 2 aromatic carbocycles. The highest BCUT2D eigenvalue weighted by Gasteiger charge is 2.30. The molecule has 0 aliphatic carbocycles. The number of esters is 1. The van der Waals surface area contributed by atoms with Crippen LogP contribution < -0.4 is 0 Å². The fourth-order valence-electron chi connectivity index (χ4n) is 2.27. The Morgan fingerprint density at radius 3 is 2.08 bits per heavy atom. The van der Waals surface area contributed by atoms with Crippen molar-refractivity contribution in [3.63, 3.8) is 0 Å². The second-order valence-electron chi connectivity index (χ2n) is 5.88. The predicted octanol–water partition coefficient (Wildman–Crippen LogP) is 3.62. The first-order valence-corrected chi connectivity index (χ1v) is 7.80. The number of alkyl halides is 3. The zero-order valence-electron chi connectivity index (χ0n) is 14.3. The van der Waals surface area contributed by atoms with Gasteiger partial charge in [0.05, 0.1) is 12.0 Å². The quantitative estimate of drug-likeness (QED) is 0.761. The molecular formula is C19H18F3NO3. The van der Waals surface area contributed by atoms with Crippen LogP contribution in [0.5, 0.6) is 0 Å². The molecule has 0 spiro atoms. The van der Waals surface area contributed by atoms with Gasteiger partial charge in [-0.2, -0.15) is 13.2 Å². The normalized spacial score (nSPS) is 12.3. The first kappa shape index (κ1) is 19.5. The lowest BCUT2D eigenvalue weighted by molar-refractivity contribution is -0.159. The van der Waals surface area contributed by atoms with Gasteiger partial charge in [0.25, 0.3) is 5.91 Å². The van der Waals surface area contributed by atoms with Gasteiger partial charge in [0.1, 0.15) is 0 Å². The SMILES string of the molecule is CN(C)C(=O)C(OC(=O)Cc1ccc(C(F)(F)F)cc1)c1ccccc1. The molecule has 0 N–H and O–H groups in total. The summed E-state index contributed by atoms with van der Waals surface area (Å²) in [6.07, 6.45) is -5.77. The predicted molar refractivity (Wildman–Crippen MR) is 89.1 cm³/mol. The number of rotatable bonds is 5. The third-order valence-corrected chi connectivity index (χ3v) is 3.65. The molecule has 0 aromatic heterocycles. The highest BCUT2D eigenvalue weighted by Crippen LogP contribution is 2.29. The molecule has 26 heavy (non-hydrogen) atoms. The number of likely N-dealkylation sites (N-methyl/N-ethyl adjacent to an activating group) is 1. The number of carbonyl (C=O) groups excluding carboxylic acids is 2. The second kappa shape index (κ2) is 8.03. The Morgan fingerprint density at radius 2 is 1.58 bits per heavy atom. The molecule has 1 atom stereocenters. The summed E-state index contributed by atoms with van der Waals surface area (Å²) in [6.45, 7) is 0. The van der Waals surface area contributed by atoms with E-state index in [4.69, 9.17) is 4.74 Å². The van der Waals surface area contributed by atoms with Gasteiger partial charge in [-0.25, -0.2) is 0 Å². The molecule has 2 aromatic rings. The van der Waals surface area contributed by atoms with Gasteiger partial charge in [0, 0.05) is 19.7 Å². The van der Waals surface area contributed by atoms with E-state index in [1.165, 1.54) is 17.0 Å². The van der Waals surface area contributed by atoms with Crippen LogP contribution in [0.1, 0.15) is 22.8 Å². The molecule has 1 unspecified atom stereocenters. The Labute approximate surface area is 149 Å². The summed E-state index contributed by atoms with van der Waals surface area (Å²) in [4.78, 5) is 25.8. The van der Waals surface area contributed by atoms with Gasteiger partial charge in [-0.3, -0.25) is 9.59 Å². The maximum Gasteiger partial charge on any atom is 0.416 e. The number of halogens is 3. The van der Waals surface area contributed by atoms with E-state index in [0.29, 0.717) is 11.1 Å². The molecular weight excluding hydrogens is 347 g/mol. The average Bonchev–Trinajstić information content (AvgIpc) is 2.59. The maximum absolute atomic E-state index is 12.6. The van der Waals surface area contributed by atoms with Crippen molar-refractivity contribution in [2.24, 2.45) is 0 Å². The number of hydrogen-bond donors (Lipinski definition) is 0. The van der Waals surface area contributed by atoms with Crippen LogP contribution in [0.2, 0.25) is 0 Å². The molecule has 0 aliphatic rings. The summed E-state index contributed by atoms with van der Waals surface area (Å²) in [7, 11) is 3.09. The van der Waals surface area contributed by atoms with Crippen molar-refractivity contribution in [3.05, 3.63) is 71.3 Å². The number of ether oxygens (including phenoxy) is 1. The van der Waals surface area contributed by atoms with E-state index in [1.807, 2.05) is 0 Å². The van der Waals surface area contributed by atoms with Crippen LogP contribution in [0, 0.1) is 0 Å². The third-order valence-electron chi connectivity index (χ3n) is 3.65. The van der Waals surface area contributed by atoms with Gasteiger partial charge in [0.2, 0.25) is 6.10 Å². The van der Waals surface area contributed by atoms with Gasteiger partial charge >= 0.3 is 12.1 Å². The molecule has 138 valence electrons. The number of carbonyl (C=O) groups is 2. The van der Waals surface area contributed by atoms with Crippen LogP contribution in [0.3, 0.4) is 0 Å². The first-order valence-electron chi connectivity index (χ1n) is 7.80. The molecule has 4 nitrogen and oxygen atoms in total. The van der Waals surface area contributed by atoms with E-state index >= 15 is 0 Å². The summed E-state index contributed by atoms with van der Waals surface area (Å²) in [6, 6.07) is 12.8. The van der Waals surface area contributed by atoms with Crippen molar-refractivity contribution >= 4 is 11.9 Å². The number of amides is 1. The average molecular weight is 365 g/mol. The standard InChI is InChI=1S/C19H18F3NO3/c1-23(2)18(25)17(14-6-4-3-5-7-14)26-16(24)12-13-8-10-15(11-9-13)19(20,21)22/h3-11,17H,12H2,1-2H3. The lowest BCUT2D eigenvalue weighted by Gasteiger charge is -2.21. The molecule has 0 fully saturated rings. The molecule has 0 saturated heterocycles.